The number of nitrogens with zero attached hydrogens (tertiary/aromatic N) is 4. The first-order valence-electron chi connectivity index (χ1n) is 9.18. The summed E-state index contributed by atoms with van der Waals surface area (Å²) in [5.41, 5.74) is 2.70. The lowest BCUT2D eigenvalue weighted by Crippen LogP contribution is -2.44. The van der Waals surface area contributed by atoms with Gasteiger partial charge in [-0.3, -0.25) is 0 Å². The van der Waals surface area contributed by atoms with Crippen molar-refractivity contribution < 1.29 is 9.18 Å². The summed E-state index contributed by atoms with van der Waals surface area (Å²) in [5, 5.41) is 2.91. The van der Waals surface area contributed by atoms with Gasteiger partial charge in [-0.2, -0.15) is 0 Å². The van der Waals surface area contributed by atoms with Gasteiger partial charge in [-0.05, 0) is 49.6 Å². The van der Waals surface area contributed by atoms with E-state index in [1.165, 1.54) is 12.1 Å². The number of piperidine rings is 1. The Hall–Kier alpha value is -2.96. The molecule has 3 aromatic rings. The molecule has 6 nitrogen and oxygen atoms in total. The van der Waals surface area contributed by atoms with Crippen molar-refractivity contribution in [2.75, 3.05) is 13.1 Å². The van der Waals surface area contributed by atoms with Crippen LogP contribution < -0.4 is 5.32 Å². The van der Waals surface area contributed by atoms with Gasteiger partial charge < -0.3 is 14.8 Å². The van der Waals surface area contributed by atoms with Crippen LogP contribution in [0.25, 0.3) is 11.2 Å². The van der Waals surface area contributed by atoms with Crippen molar-refractivity contribution in [3.8, 4) is 0 Å². The van der Waals surface area contributed by atoms with Gasteiger partial charge in [0.25, 0.3) is 0 Å². The molecule has 0 atom stereocenters. The van der Waals surface area contributed by atoms with Crippen LogP contribution in [0, 0.1) is 12.7 Å². The third-order valence-corrected chi connectivity index (χ3v) is 5.10. The molecule has 0 saturated carbocycles. The molecule has 0 radical (unpaired) electrons. The van der Waals surface area contributed by atoms with Crippen molar-refractivity contribution in [3.63, 3.8) is 0 Å². The second-order valence-electron chi connectivity index (χ2n) is 6.88. The lowest BCUT2D eigenvalue weighted by atomic mass is 10.0. The van der Waals surface area contributed by atoms with E-state index in [1.54, 1.807) is 18.3 Å². The zero-order chi connectivity index (χ0) is 18.8. The van der Waals surface area contributed by atoms with Crippen LogP contribution in [-0.2, 0) is 6.54 Å². The fraction of sp³-hybridized carbons (Fsp3) is 0.350. The van der Waals surface area contributed by atoms with E-state index in [-0.39, 0.29) is 11.8 Å². The van der Waals surface area contributed by atoms with Crippen LogP contribution in [0.4, 0.5) is 9.18 Å². The lowest BCUT2D eigenvalue weighted by molar-refractivity contribution is 0.171. The summed E-state index contributed by atoms with van der Waals surface area (Å²) in [5.74, 6) is 0.687. The molecule has 3 heterocycles. The first-order chi connectivity index (χ1) is 13.1. The summed E-state index contributed by atoms with van der Waals surface area (Å²) in [4.78, 5) is 23.3. The molecule has 1 aliphatic rings. The molecule has 2 amide bonds. The van der Waals surface area contributed by atoms with E-state index < -0.39 is 0 Å². The average Bonchev–Trinajstić information content (AvgIpc) is 3.03. The zero-order valence-electron chi connectivity index (χ0n) is 15.2. The van der Waals surface area contributed by atoms with Gasteiger partial charge in [0.15, 0.2) is 5.65 Å². The topological polar surface area (TPSA) is 63.1 Å². The summed E-state index contributed by atoms with van der Waals surface area (Å²) < 4.78 is 15.1. The maximum absolute atomic E-state index is 12.9. The number of imidazole rings is 1. The summed E-state index contributed by atoms with van der Waals surface area (Å²) in [6, 6.07) is 10.3. The first-order valence-corrected chi connectivity index (χ1v) is 9.18. The molecule has 1 fully saturated rings. The van der Waals surface area contributed by atoms with Gasteiger partial charge in [0, 0.05) is 31.9 Å². The molecule has 0 unspecified atom stereocenters. The summed E-state index contributed by atoms with van der Waals surface area (Å²) in [7, 11) is 0. The minimum absolute atomic E-state index is 0.0805. The number of aromatic nitrogens is 3. The van der Waals surface area contributed by atoms with Gasteiger partial charge in [-0.1, -0.05) is 12.1 Å². The number of rotatable bonds is 3. The van der Waals surface area contributed by atoms with E-state index in [2.05, 4.69) is 19.9 Å². The van der Waals surface area contributed by atoms with E-state index in [4.69, 9.17) is 0 Å². The molecule has 2 aromatic heterocycles. The van der Waals surface area contributed by atoms with Gasteiger partial charge in [0.05, 0.1) is 0 Å². The van der Waals surface area contributed by atoms with Gasteiger partial charge in [-0.25, -0.2) is 19.2 Å². The minimum atomic E-state index is -0.274. The molecule has 1 aliphatic heterocycles. The normalized spacial score (nSPS) is 15.3. The Morgan fingerprint density at radius 3 is 2.70 bits per heavy atom. The smallest absolute Gasteiger partial charge is 0.317 e. The number of fused-ring (bicyclic) bond motifs is 1. The second kappa shape index (κ2) is 7.34. The molecule has 0 spiro atoms. The summed E-state index contributed by atoms with van der Waals surface area (Å²) in [6.07, 6.45) is 3.53. The SMILES string of the molecule is Cc1nc2cccnc2n1C1CCN(C(=O)NCc2ccc(F)cc2)CC1. The van der Waals surface area contributed by atoms with Crippen LogP contribution in [-0.4, -0.2) is 38.6 Å². The fourth-order valence-corrected chi connectivity index (χ4v) is 3.70. The Balaban J connectivity index is 1.36. The quantitative estimate of drug-likeness (QED) is 0.771. The highest BCUT2D eigenvalue weighted by Gasteiger charge is 2.26. The van der Waals surface area contributed by atoms with Crippen molar-refractivity contribution in [2.45, 2.75) is 32.4 Å². The van der Waals surface area contributed by atoms with Gasteiger partial charge in [0.1, 0.15) is 17.2 Å². The Kier molecular flexibility index (Phi) is 4.75. The summed E-state index contributed by atoms with van der Waals surface area (Å²) >= 11 is 0. The number of carbonyl (C=O) groups excluding carboxylic acids is 1. The Labute approximate surface area is 157 Å². The van der Waals surface area contributed by atoms with Gasteiger partial charge in [-0.15, -0.1) is 0 Å². The number of halogens is 1. The molecule has 0 aliphatic carbocycles. The van der Waals surface area contributed by atoms with E-state index in [9.17, 15) is 9.18 Å². The van der Waals surface area contributed by atoms with Crippen molar-refractivity contribution in [2.24, 2.45) is 0 Å². The predicted molar refractivity (Wildman–Crippen MR) is 101 cm³/mol. The van der Waals surface area contributed by atoms with Crippen LogP contribution in [0.3, 0.4) is 0 Å². The average molecular weight is 367 g/mol. The van der Waals surface area contributed by atoms with Crippen molar-refractivity contribution >= 4 is 17.2 Å². The largest absolute Gasteiger partial charge is 0.334 e. The highest BCUT2D eigenvalue weighted by atomic mass is 19.1. The maximum Gasteiger partial charge on any atom is 0.317 e. The van der Waals surface area contributed by atoms with Crippen LogP contribution in [0.5, 0.6) is 0 Å². The number of hydrogen-bond acceptors (Lipinski definition) is 3. The molecule has 27 heavy (non-hydrogen) atoms. The summed E-state index contributed by atoms with van der Waals surface area (Å²) in [6.45, 7) is 3.77. The van der Waals surface area contributed by atoms with Crippen LogP contribution in [0.2, 0.25) is 0 Å². The van der Waals surface area contributed by atoms with Crippen molar-refractivity contribution in [1.29, 1.82) is 0 Å². The number of urea groups is 1. The molecule has 1 N–H and O–H groups in total. The van der Waals surface area contributed by atoms with Gasteiger partial charge in [0.2, 0.25) is 0 Å². The van der Waals surface area contributed by atoms with Gasteiger partial charge >= 0.3 is 6.03 Å². The van der Waals surface area contributed by atoms with Crippen molar-refractivity contribution in [3.05, 3.63) is 59.8 Å². The number of likely N-dealkylation sites (tertiary alicyclic amines) is 1. The van der Waals surface area contributed by atoms with E-state index in [0.717, 1.165) is 35.4 Å². The molecule has 7 heteroatoms. The molecule has 1 aromatic carbocycles. The van der Waals surface area contributed by atoms with E-state index in [1.807, 2.05) is 24.0 Å². The second-order valence-corrected chi connectivity index (χ2v) is 6.88. The fourth-order valence-electron chi connectivity index (χ4n) is 3.70. The number of nitrogens with one attached hydrogen (secondary N) is 1. The minimum Gasteiger partial charge on any atom is -0.334 e. The third kappa shape index (κ3) is 3.63. The molecule has 1 saturated heterocycles. The van der Waals surface area contributed by atoms with Crippen LogP contribution in [0.1, 0.15) is 30.3 Å². The number of carbonyl (C=O) groups is 1. The number of aryl methyl sites for hydroxylation is 1. The van der Waals surface area contributed by atoms with E-state index >= 15 is 0 Å². The molecular weight excluding hydrogens is 345 g/mol. The molecular formula is C20H22FN5O. The van der Waals surface area contributed by atoms with Crippen LogP contribution >= 0.6 is 0 Å². The standard InChI is InChI=1S/C20H22FN5O/c1-14-24-18-3-2-10-22-19(18)26(14)17-8-11-25(12-9-17)20(27)23-13-15-4-6-16(21)7-5-15/h2-7,10,17H,8-9,11-13H2,1H3,(H,23,27). The Morgan fingerprint density at radius 2 is 1.96 bits per heavy atom. The number of hydrogen-bond donors (Lipinski definition) is 1. The zero-order valence-corrected chi connectivity index (χ0v) is 15.2. The molecule has 0 bridgehead atoms. The third-order valence-electron chi connectivity index (χ3n) is 5.10. The van der Waals surface area contributed by atoms with Crippen molar-refractivity contribution in [1.82, 2.24) is 24.8 Å². The monoisotopic (exact) mass is 367 g/mol. The number of pyridine rings is 1. The Bertz CT molecular complexity index is 945. The maximum atomic E-state index is 12.9. The first kappa shape index (κ1) is 17.5. The lowest BCUT2D eigenvalue weighted by Gasteiger charge is -2.33. The van der Waals surface area contributed by atoms with E-state index in [0.29, 0.717) is 25.7 Å². The highest BCUT2D eigenvalue weighted by molar-refractivity contribution is 5.74. The molecule has 4 rings (SSSR count). The Morgan fingerprint density at radius 1 is 1.22 bits per heavy atom. The predicted octanol–water partition coefficient (Wildman–Crippen LogP) is 3.43. The number of amides is 2. The van der Waals surface area contributed by atoms with Crippen LogP contribution in [0.15, 0.2) is 42.6 Å². The highest BCUT2D eigenvalue weighted by Crippen LogP contribution is 2.27. The molecule has 140 valence electrons. The number of benzene rings is 1.